The van der Waals surface area contributed by atoms with Crippen LogP contribution in [0.5, 0.6) is 0 Å². The third-order valence-corrected chi connectivity index (χ3v) is 3.66. The van der Waals surface area contributed by atoms with Gasteiger partial charge in [0.1, 0.15) is 5.69 Å². The second-order valence-electron chi connectivity index (χ2n) is 5.48. The lowest BCUT2D eigenvalue weighted by Gasteiger charge is -2.05. The summed E-state index contributed by atoms with van der Waals surface area (Å²) in [5, 5.41) is 11.8. The van der Waals surface area contributed by atoms with Crippen molar-refractivity contribution >= 4 is 11.5 Å². The van der Waals surface area contributed by atoms with Gasteiger partial charge in [-0.05, 0) is 60.0 Å². The van der Waals surface area contributed by atoms with Gasteiger partial charge in [0.05, 0.1) is 5.69 Å². The van der Waals surface area contributed by atoms with E-state index >= 15 is 0 Å². The predicted molar refractivity (Wildman–Crippen MR) is 97.7 cm³/mol. The molecule has 0 radical (unpaired) electrons. The van der Waals surface area contributed by atoms with Crippen LogP contribution >= 0.6 is 0 Å². The number of rotatable bonds is 5. The lowest BCUT2D eigenvalue weighted by atomic mass is 10.0. The minimum Gasteiger partial charge on any atom is -0.380 e. The summed E-state index contributed by atoms with van der Waals surface area (Å²) in [6.07, 6.45) is 4.24. The number of hydrogen-bond donors (Lipinski definition) is 1. The maximum Gasteiger partial charge on any atom is 0.173 e. The number of amidine groups is 1. The molecule has 0 aliphatic heterocycles. The van der Waals surface area contributed by atoms with Gasteiger partial charge < -0.3 is 5.73 Å². The Labute approximate surface area is 146 Å². The molecule has 0 unspecified atom stereocenters. The normalized spacial score (nSPS) is 11.8. The number of aromatic nitrogens is 2. The molecule has 2 N–H and O–H groups in total. The van der Waals surface area contributed by atoms with Crippen LogP contribution < -0.4 is 5.73 Å². The maximum absolute atomic E-state index is 5.83. The highest BCUT2D eigenvalue weighted by Crippen LogP contribution is 2.18. The molecule has 0 spiro atoms. The summed E-state index contributed by atoms with van der Waals surface area (Å²) in [4.78, 5) is 8.43. The molecule has 2 aromatic heterocycles. The summed E-state index contributed by atoms with van der Waals surface area (Å²) in [6.45, 7) is 2.01. The monoisotopic (exact) mass is 330 g/mol. The van der Waals surface area contributed by atoms with Gasteiger partial charge in [0.25, 0.3) is 0 Å². The van der Waals surface area contributed by atoms with Crippen LogP contribution in [-0.2, 0) is 6.42 Å². The van der Waals surface area contributed by atoms with E-state index < -0.39 is 0 Å². The fourth-order valence-electron chi connectivity index (χ4n) is 2.34. The largest absolute Gasteiger partial charge is 0.380 e. The fourth-order valence-corrected chi connectivity index (χ4v) is 2.34. The van der Waals surface area contributed by atoms with Crippen molar-refractivity contribution in [3.63, 3.8) is 0 Å². The van der Waals surface area contributed by atoms with Crippen molar-refractivity contribution in [1.29, 1.82) is 0 Å². The molecule has 1 aromatic carbocycles. The van der Waals surface area contributed by atoms with Crippen molar-refractivity contribution in [1.82, 2.24) is 9.97 Å². The average molecular weight is 330 g/mol. The van der Waals surface area contributed by atoms with Crippen LogP contribution in [0.25, 0.3) is 0 Å². The van der Waals surface area contributed by atoms with Crippen molar-refractivity contribution < 1.29 is 0 Å². The van der Waals surface area contributed by atoms with Gasteiger partial charge in [0, 0.05) is 18.1 Å². The van der Waals surface area contributed by atoms with E-state index in [0.29, 0.717) is 5.69 Å². The van der Waals surface area contributed by atoms with E-state index in [4.69, 9.17) is 5.73 Å². The molecule has 0 fully saturated rings. The van der Waals surface area contributed by atoms with Crippen LogP contribution in [0.15, 0.2) is 82.4 Å². The van der Waals surface area contributed by atoms with Crippen LogP contribution in [0.1, 0.15) is 22.5 Å². The summed E-state index contributed by atoms with van der Waals surface area (Å²) < 4.78 is 0. The summed E-state index contributed by atoms with van der Waals surface area (Å²) in [6, 6.07) is 17.3. The Morgan fingerprint density at radius 3 is 2.68 bits per heavy atom. The Morgan fingerprint density at radius 1 is 1.00 bits per heavy atom. The van der Waals surface area contributed by atoms with Crippen molar-refractivity contribution in [2.75, 3.05) is 0 Å². The summed E-state index contributed by atoms with van der Waals surface area (Å²) in [5.41, 5.74) is 10.5. The average Bonchev–Trinajstić information content (AvgIpc) is 2.65. The number of pyridine rings is 2. The molecule has 3 rings (SSSR count). The van der Waals surface area contributed by atoms with Crippen molar-refractivity contribution in [2.45, 2.75) is 13.3 Å². The lowest BCUT2D eigenvalue weighted by Crippen LogP contribution is -2.13. The molecular weight excluding hydrogens is 312 g/mol. The number of nitrogens with two attached hydrogens (primary N) is 1. The highest BCUT2D eigenvalue weighted by molar-refractivity contribution is 5.95. The Kier molecular flexibility index (Phi) is 5.21. The summed E-state index contributed by atoms with van der Waals surface area (Å²) in [5.74, 6) is 0.228. The van der Waals surface area contributed by atoms with Gasteiger partial charge in [0.2, 0.25) is 0 Å². The molecule has 0 bridgehead atoms. The minimum absolute atomic E-state index is 0.228. The third-order valence-electron chi connectivity index (χ3n) is 3.66. The Bertz CT molecular complexity index is 903. The van der Waals surface area contributed by atoms with Gasteiger partial charge in [-0.25, -0.2) is 0 Å². The maximum atomic E-state index is 5.83. The first-order chi connectivity index (χ1) is 12.2. The molecule has 0 amide bonds. The van der Waals surface area contributed by atoms with E-state index in [1.165, 1.54) is 5.56 Å². The number of aryl methyl sites for hydroxylation is 1. The highest BCUT2D eigenvalue weighted by Gasteiger charge is 2.02. The molecule has 3 aromatic rings. The van der Waals surface area contributed by atoms with Crippen LogP contribution in [0.3, 0.4) is 0 Å². The van der Waals surface area contributed by atoms with Gasteiger partial charge in [-0.2, -0.15) is 0 Å². The standard InChI is InChI=1S/C19H18N6/c1-14-16(7-5-11-21-14)12-15-6-4-8-17(13-15)23-25-24-19(20)18-9-2-3-10-22-18/h2-11,13H,12H2,1H3,(H2,20,23,24). The first-order valence-electron chi connectivity index (χ1n) is 7.87. The van der Waals surface area contributed by atoms with E-state index in [9.17, 15) is 0 Å². The van der Waals surface area contributed by atoms with Crippen molar-refractivity contribution in [3.8, 4) is 0 Å². The minimum atomic E-state index is 0.228. The predicted octanol–water partition coefficient (Wildman–Crippen LogP) is 3.78. The molecule has 0 atom stereocenters. The molecule has 124 valence electrons. The molecule has 0 aliphatic carbocycles. The molecule has 0 saturated carbocycles. The van der Waals surface area contributed by atoms with Crippen molar-refractivity contribution in [2.24, 2.45) is 21.2 Å². The third kappa shape index (κ3) is 4.54. The molecule has 6 heteroatoms. The van der Waals surface area contributed by atoms with Crippen LogP contribution in [0.2, 0.25) is 0 Å². The van der Waals surface area contributed by atoms with E-state index in [2.05, 4.69) is 37.5 Å². The Balaban J connectivity index is 1.72. The van der Waals surface area contributed by atoms with E-state index in [0.717, 1.165) is 23.4 Å². The zero-order valence-corrected chi connectivity index (χ0v) is 13.9. The van der Waals surface area contributed by atoms with E-state index in [1.807, 2.05) is 43.3 Å². The second kappa shape index (κ2) is 7.92. The van der Waals surface area contributed by atoms with Crippen LogP contribution in [0, 0.1) is 6.92 Å². The number of nitrogens with zero attached hydrogens (tertiary/aromatic N) is 5. The second-order valence-corrected chi connectivity index (χ2v) is 5.48. The van der Waals surface area contributed by atoms with Crippen molar-refractivity contribution in [3.05, 3.63) is 89.5 Å². The highest BCUT2D eigenvalue weighted by atomic mass is 15.4. The molecular formula is C19H18N6. The molecule has 0 aliphatic rings. The van der Waals surface area contributed by atoms with Gasteiger partial charge in [-0.15, -0.1) is 10.2 Å². The molecule has 25 heavy (non-hydrogen) atoms. The van der Waals surface area contributed by atoms with Gasteiger partial charge in [-0.3, -0.25) is 9.97 Å². The Hall–Kier alpha value is -3.41. The van der Waals surface area contributed by atoms with Gasteiger partial charge in [0.15, 0.2) is 5.84 Å². The SMILES string of the molecule is Cc1ncccc1Cc1cccc(N=N/N=C(\N)c2ccccn2)c1. The molecule has 6 nitrogen and oxygen atoms in total. The first kappa shape index (κ1) is 16.4. The quantitative estimate of drug-likeness (QED) is 0.334. The summed E-state index contributed by atoms with van der Waals surface area (Å²) >= 11 is 0. The summed E-state index contributed by atoms with van der Waals surface area (Å²) in [7, 11) is 0. The van der Waals surface area contributed by atoms with E-state index in [1.54, 1.807) is 18.5 Å². The topological polar surface area (TPSA) is 88.9 Å². The van der Waals surface area contributed by atoms with E-state index in [-0.39, 0.29) is 5.84 Å². The molecule has 2 heterocycles. The zero-order valence-electron chi connectivity index (χ0n) is 13.9. The number of benzene rings is 1. The molecule has 0 saturated heterocycles. The van der Waals surface area contributed by atoms with Crippen LogP contribution in [-0.4, -0.2) is 15.8 Å². The number of hydrogen-bond acceptors (Lipinski definition) is 4. The zero-order chi connectivity index (χ0) is 17.5. The van der Waals surface area contributed by atoms with Gasteiger partial charge >= 0.3 is 0 Å². The fraction of sp³-hybridized carbons (Fsp3) is 0.105. The lowest BCUT2D eigenvalue weighted by molar-refractivity contribution is 1.04. The smallest absolute Gasteiger partial charge is 0.173 e. The van der Waals surface area contributed by atoms with Crippen LogP contribution in [0.4, 0.5) is 5.69 Å². The first-order valence-corrected chi connectivity index (χ1v) is 7.87. The Morgan fingerprint density at radius 2 is 1.88 bits per heavy atom. The van der Waals surface area contributed by atoms with Gasteiger partial charge in [-0.1, -0.05) is 24.3 Å².